The van der Waals surface area contributed by atoms with Crippen molar-refractivity contribution in [1.29, 1.82) is 0 Å². The summed E-state index contributed by atoms with van der Waals surface area (Å²) in [6.45, 7) is 5.15. The Morgan fingerprint density at radius 2 is 2.11 bits per heavy atom. The average Bonchev–Trinajstić information content (AvgIpc) is 2.84. The van der Waals surface area contributed by atoms with Gasteiger partial charge in [0, 0.05) is 20.3 Å². The summed E-state index contributed by atoms with van der Waals surface area (Å²) in [7, 11) is 1.53. The molecule has 1 amide bonds. The van der Waals surface area contributed by atoms with E-state index >= 15 is 0 Å². The van der Waals surface area contributed by atoms with Crippen molar-refractivity contribution in [2.45, 2.75) is 38.8 Å². The van der Waals surface area contributed by atoms with Gasteiger partial charge in [-0.25, -0.2) is 9.37 Å². The van der Waals surface area contributed by atoms with Crippen LogP contribution in [0.25, 0.3) is 10.9 Å². The molecule has 0 saturated carbocycles. The summed E-state index contributed by atoms with van der Waals surface area (Å²) in [5, 5.41) is 13.4. The lowest BCUT2D eigenvalue weighted by atomic mass is 9.94. The third-order valence-corrected chi connectivity index (χ3v) is 6.66. The third-order valence-electron chi connectivity index (χ3n) is 6.66. The molecule has 8 nitrogen and oxygen atoms in total. The van der Waals surface area contributed by atoms with Crippen molar-refractivity contribution < 1.29 is 23.8 Å². The van der Waals surface area contributed by atoms with Crippen molar-refractivity contribution in [2.75, 3.05) is 33.5 Å². The van der Waals surface area contributed by atoms with E-state index in [0.29, 0.717) is 49.1 Å². The highest BCUT2D eigenvalue weighted by atomic mass is 19.1. The summed E-state index contributed by atoms with van der Waals surface area (Å²) in [5.41, 5.74) is 3.76. The van der Waals surface area contributed by atoms with Gasteiger partial charge in [-0.3, -0.25) is 14.2 Å². The van der Waals surface area contributed by atoms with E-state index in [2.05, 4.69) is 10.3 Å². The number of carbonyl (C=O) groups is 1. The van der Waals surface area contributed by atoms with E-state index in [0.717, 1.165) is 16.7 Å². The number of amides is 1. The number of fused-ring (bicyclic) bond motifs is 1. The van der Waals surface area contributed by atoms with Crippen molar-refractivity contribution in [1.82, 2.24) is 14.9 Å². The predicted octanol–water partition coefficient (Wildman–Crippen LogP) is 2.44. The Morgan fingerprint density at radius 3 is 2.83 bits per heavy atom. The summed E-state index contributed by atoms with van der Waals surface area (Å²) >= 11 is 0. The number of halogens is 1. The van der Waals surface area contributed by atoms with E-state index in [-0.39, 0.29) is 17.7 Å². The number of aryl methyl sites for hydroxylation is 1. The van der Waals surface area contributed by atoms with Crippen LogP contribution in [0, 0.1) is 19.7 Å². The first-order valence-corrected chi connectivity index (χ1v) is 11.6. The minimum atomic E-state index is -0.778. The van der Waals surface area contributed by atoms with Gasteiger partial charge < -0.3 is 19.9 Å². The molecule has 2 unspecified atom stereocenters. The molecule has 2 heterocycles. The Balaban J connectivity index is 1.66. The summed E-state index contributed by atoms with van der Waals surface area (Å²) in [6.07, 6.45) is 1.64. The lowest BCUT2D eigenvalue weighted by molar-refractivity contribution is -0.0395. The number of benzene rings is 2. The number of hydrogen-bond donors (Lipinski definition) is 2. The normalized spacial score (nSPS) is 18.1. The van der Waals surface area contributed by atoms with E-state index in [9.17, 15) is 19.1 Å². The van der Waals surface area contributed by atoms with E-state index in [1.807, 2.05) is 13.8 Å². The van der Waals surface area contributed by atoms with E-state index < -0.39 is 23.9 Å². The molecule has 1 fully saturated rings. The fourth-order valence-electron chi connectivity index (χ4n) is 4.50. The van der Waals surface area contributed by atoms with E-state index in [1.165, 1.54) is 30.1 Å². The molecule has 2 atom stereocenters. The second-order valence-corrected chi connectivity index (χ2v) is 8.88. The summed E-state index contributed by atoms with van der Waals surface area (Å²) in [6, 6.07) is 5.95. The minimum Gasteiger partial charge on any atom is -0.389 e. The number of methoxy groups -OCH3 is 1. The number of aliphatic hydroxyl groups is 1. The van der Waals surface area contributed by atoms with Crippen LogP contribution in [0.3, 0.4) is 0 Å². The molecule has 2 aromatic carbocycles. The molecular weight excluding hydrogens is 453 g/mol. The second-order valence-electron chi connectivity index (χ2n) is 8.88. The van der Waals surface area contributed by atoms with Crippen molar-refractivity contribution in [3.63, 3.8) is 0 Å². The highest BCUT2D eigenvalue weighted by Crippen LogP contribution is 2.26. The van der Waals surface area contributed by atoms with Gasteiger partial charge in [0.05, 0.1) is 48.2 Å². The number of nitrogens with zero attached hydrogens (tertiary/aromatic N) is 2. The standard InChI is InChI=1S/C26H30FN3O5/c1-15-16(2)24-20(26(33)30(14-29-24)22-6-8-35-13-23(22)31)12-18(15)10-17-4-5-19(21(27)11-17)25(32)28-7-9-34-3/h4-5,11-12,14,22-23,31H,6-10,13H2,1-3H3,(H,28,32). The molecule has 2 N–H and O–H groups in total. The Bertz CT molecular complexity index is 1310. The zero-order valence-electron chi connectivity index (χ0n) is 20.1. The van der Waals surface area contributed by atoms with Crippen LogP contribution < -0.4 is 10.9 Å². The highest BCUT2D eigenvalue weighted by Gasteiger charge is 2.27. The first-order chi connectivity index (χ1) is 16.8. The van der Waals surface area contributed by atoms with Gasteiger partial charge in [0.25, 0.3) is 11.5 Å². The van der Waals surface area contributed by atoms with Crippen molar-refractivity contribution in [3.05, 3.63) is 74.6 Å². The number of rotatable bonds is 7. The second kappa shape index (κ2) is 10.6. The maximum absolute atomic E-state index is 14.7. The van der Waals surface area contributed by atoms with Crippen LogP contribution in [0.15, 0.2) is 35.4 Å². The SMILES string of the molecule is COCCNC(=O)c1ccc(Cc2cc3c(=O)n(C4CCOCC4O)cnc3c(C)c2C)cc1F. The number of aliphatic hydroxyl groups excluding tert-OH is 1. The lowest BCUT2D eigenvalue weighted by Crippen LogP contribution is -2.39. The molecule has 0 spiro atoms. The first-order valence-electron chi connectivity index (χ1n) is 11.6. The lowest BCUT2D eigenvalue weighted by Gasteiger charge is -2.29. The molecule has 1 saturated heterocycles. The summed E-state index contributed by atoms with van der Waals surface area (Å²) < 4.78 is 26.4. The van der Waals surface area contributed by atoms with Gasteiger partial charge in [0.1, 0.15) is 5.82 Å². The van der Waals surface area contributed by atoms with Gasteiger partial charge in [0.15, 0.2) is 0 Å². The van der Waals surface area contributed by atoms with E-state index in [4.69, 9.17) is 9.47 Å². The van der Waals surface area contributed by atoms with Crippen LogP contribution in [0.1, 0.15) is 45.1 Å². The molecular formula is C26H30FN3O5. The summed E-state index contributed by atoms with van der Waals surface area (Å²) in [4.78, 5) is 30.1. The zero-order chi connectivity index (χ0) is 25.1. The maximum Gasteiger partial charge on any atom is 0.261 e. The van der Waals surface area contributed by atoms with E-state index in [1.54, 1.807) is 12.1 Å². The van der Waals surface area contributed by atoms with Gasteiger partial charge in [0.2, 0.25) is 0 Å². The van der Waals surface area contributed by atoms with Crippen LogP contribution in [-0.2, 0) is 15.9 Å². The average molecular weight is 484 g/mol. The molecule has 1 aliphatic heterocycles. The highest BCUT2D eigenvalue weighted by molar-refractivity contribution is 5.94. The number of nitrogens with one attached hydrogen (secondary N) is 1. The molecule has 186 valence electrons. The fraction of sp³-hybridized carbons (Fsp3) is 0.423. The predicted molar refractivity (Wildman–Crippen MR) is 129 cm³/mol. The van der Waals surface area contributed by atoms with Gasteiger partial charge in [-0.1, -0.05) is 6.07 Å². The third kappa shape index (κ3) is 5.12. The molecule has 1 aromatic heterocycles. The molecule has 3 aromatic rings. The van der Waals surface area contributed by atoms with Crippen LogP contribution in [0.4, 0.5) is 4.39 Å². The molecule has 0 aliphatic carbocycles. The Hall–Kier alpha value is -3.14. The quantitative estimate of drug-likeness (QED) is 0.501. The largest absolute Gasteiger partial charge is 0.389 e. The number of ether oxygens (including phenoxy) is 2. The number of aromatic nitrogens is 2. The minimum absolute atomic E-state index is 0.0293. The van der Waals surface area contributed by atoms with Crippen molar-refractivity contribution >= 4 is 16.8 Å². The van der Waals surface area contributed by atoms with Crippen LogP contribution in [0.5, 0.6) is 0 Å². The molecule has 0 bridgehead atoms. The first kappa shape index (κ1) is 25.0. The van der Waals surface area contributed by atoms with Gasteiger partial charge >= 0.3 is 0 Å². The van der Waals surface area contributed by atoms with Crippen molar-refractivity contribution in [2.24, 2.45) is 0 Å². The number of carbonyl (C=O) groups excluding carboxylic acids is 1. The molecule has 9 heteroatoms. The Labute approximate surface area is 202 Å². The summed E-state index contributed by atoms with van der Waals surface area (Å²) in [5.74, 6) is -1.10. The fourth-order valence-corrected chi connectivity index (χ4v) is 4.50. The van der Waals surface area contributed by atoms with Crippen LogP contribution >= 0.6 is 0 Å². The zero-order valence-corrected chi connectivity index (χ0v) is 20.1. The van der Waals surface area contributed by atoms with Gasteiger partial charge in [-0.05, 0) is 67.1 Å². The molecule has 4 rings (SSSR count). The van der Waals surface area contributed by atoms with Crippen LogP contribution in [0.2, 0.25) is 0 Å². The number of hydrogen-bond acceptors (Lipinski definition) is 6. The Morgan fingerprint density at radius 1 is 1.31 bits per heavy atom. The van der Waals surface area contributed by atoms with Gasteiger partial charge in [-0.15, -0.1) is 0 Å². The van der Waals surface area contributed by atoms with Gasteiger partial charge in [-0.2, -0.15) is 0 Å². The van der Waals surface area contributed by atoms with Crippen LogP contribution in [-0.4, -0.2) is 60.1 Å². The maximum atomic E-state index is 14.7. The van der Waals surface area contributed by atoms with Crippen molar-refractivity contribution in [3.8, 4) is 0 Å². The molecule has 1 aliphatic rings. The topological polar surface area (TPSA) is 103 Å². The monoisotopic (exact) mass is 483 g/mol. The Kier molecular flexibility index (Phi) is 7.59. The smallest absolute Gasteiger partial charge is 0.261 e. The molecule has 0 radical (unpaired) electrons. The molecule has 35 heavy (non-hydrogen) atoms.